The lowest BCUT2D eigenvalue weighted by Crippen LogP contribution is -2.40. The minimum Gasteiger partial charge on any atom is -0.508 e. The second-order valence-electron chi connectivity index (χ2n) is 6.88. The maximum atomic E-state index is 12.2. The molecular weight excluding hydrogens is 248 g/mol. The number of ketones is 1. The zero-order valence-corrected chi connectivity index (χ0v) is 11.8. The Morgan fingerprint density at radius 2 is 2.15 bits per heavy atom. The maximum absolute atomic E-state index is 12.2. The van der Waals surface area contributed by atoms with Gasteiger partial charge in [-0.25, -0.2) is 0 Å². The van der Waals surface area contributed by atoms with E-state index in [0.717, 1.165) is 31.2 Å². The number of fused-ring (bicyclic) bond motifs is 5. The highest BCUT2D eigenvalue weighted by Crippen LogP contribution is 2.58. The molecule has 2 heteroatoms. The van der Waals surface area contributed by atoms with Gasteiger partial charge in [0.15, 0.2) is 0 Å². The summed E-state index contributed by atoms with van der Waals surface area (Å²) in [7, 11) is 0. The van der Waals surface area contributed by atoms with Crippen LogP contribution in [0, 0.1) is 17.3 Å². The van der Waals surface area contributed by atoms with Gasteiger partial charge in [0.25, 0.3) is 0 Å². The molecule has 0 unspecified atom stereocenters. The molecule has 2 nitrogen and oxygen atoms in total. The van der Waals surface area contributed by atoms with E-state index in [2.05, 4.69) is 25.1 Å². The molecule has 104 valence electrons. The largest absolute Gasteiger partial charge is 0.508 e. The van der Waals surface area contributed by atoms with E-state index in [1.807, 2.05) is 6.07 Å². The molecule has 0 aliphatic heterocycles. The molecule has 0 bridgehead atoms. The van der Waals surface area contributed by atoms with Crippen molar-refractivity contribution in [2.45, 2.75) is 38.5 Å². The summed E-state index contributed by atoms with van der Waals surface area (Å²) in [6.07, 6.45) is 8.37. The van der Waals surface area contributed by atoms with E-state index >= 15 is 0 Å². The average Bonchev–Trinajstić information content (AvgIpc) is 2.74. The van der Waals surface area contributed by atoms with Crippen LogP contribution in [-0.4, -0.2) is 10.9 Å². The molecule has 1 N–H and O–H groups in total. The summed E-state index contributed by atoms with van der Waals surface area (Å²) in [5.74, 6) is 2.35. The van der Waals surface area contributed by atoms with E-state index in [0.29, 0.717) is 29.3 Å². The molecule has 0 saturated heterocycles. The van der Waals surface area contributed by atoms with Crippen LogP contribution >= 0.6 is 0 Å². The molecular formula is C18H20O2. The van der Waals surface area contributed by atoms with Crippen LogP contribution in [-0.2, 0) is 4.79 Å². The van der Waals surface area contributed by atoms with Crippen molar-refractivity contribution in [2.24, 2.45) is 17.3 Å². The van der Waals surface area contributed by atoms with Crippen molar-refractivity contribution in [3.63, 3.8) is 0 Å². The number of aromatic hydroxyl groups is 1. The van der Waals surface area contributed by atoms with E-state index in [9.17, 15) is 9.90 Å². The molecule has 0 heterocycles. The first kappa shape index (κ1) is 12.2. The Bertz CT molecular complexity index is 616. The molecule has 1 aromatic rings. The summed E-state index contributed by atoms with van der Waals surface area (Å²) >= 11 is 0. The molecule has 4 atom stereocenters. The first-order valence-corrected chi connectivity index (χ1v) is 7.64. The summed E-state index contributed by atoms with van der Waals surface area (Å²) in [4.78, 5) is 12.2. The van der Waals surface area contributed by atoms with Gasteiger partial charge in [-0.1, -0.05) is 25.1 Å². The van der Waals surface area contributed by atoms with Crippen molar-refractivity contribution < 1.29 is 9.90 Å². The molecule has 0 aromatic heterocycles. The minimum atomic E-state index is -0.0834. The minimum absolute atomic E-state index is 0.0834. The molecule has 4 rings (SSSR count). The third kappa shape index (κ3) is 1.48. The zero-order chi connectivity index (χ0) is 13.9. The first-order chi connectivity index (χ1) is 9.59. The zero-order valence-electron chi connectivity index (χ0n) is 11.8. The SMILES string of the molecule is C[C@]12CC[C@@H]3c4ccc(O)cc4C=C[C@H]3[C@@H]1CCC2=O. The van der Waals surface area contributed by atoms with Crippen molar-refractivity contribution in [1.29, 1.82) is 0 Å². The second kappa shape index (κ2) is 3.97. The number of carbonyl (C=O) groups is 1. The van der Waals surface area contributed by atoms with Gasteiger partial charge in [0, 0.05) is 11.8 Å². The van der Waals surface area contributed by atoms with Crippen molar-refractivity contribution in [3.05, 3.63) is 35.4 Å². The smallest absolute Gasteiger partial charge is 0.139 e. The van der Waals surface area contributed by atoms with Crippen molar-refractivity contribution >= 4 is 11.9 Å². The van der Waals surface area contributed by atoms with Crippen molar-refractivity contribution in [1.82, 2.24) is 0 Å². The van der Waals surface area contributed by atoms with Gasteiger partial charge in [-0.3, -0.25) is 4.79 Å². The number of phenols is 1. The highest BCUT2D eigenvalue weighted by molar-refractivity contribution is 5.87. The molecule has 0 spiro atoms. The Labute approximate surface area is 119 Å². The van der Waals surface area contributed by atoms with Gasteiger partial charge in [-0.05, 0) is 60.3 Å². The number of benzene rings is 1. The number of hydrogen-bond acceptors (Lipinski definition) is 2. The predicted octanol–water partition coefficient (Wildman–Crippen LogP) is 3.90. The third-order valence-electron chi connectivity index (χ3n) is 6.01. The Hall–Kier alpha value is -1.57. The van der Waals surface area contributed by atoms with Crippen LogP contribution in [0.1, 0.15) is 49.7 Å². The van der Waals surface area contributed by atoms with Gasteiger partial charge in [-0.15, -0.1) is 0 Å². The Balaban J connectivity index is 1.77. The fourth-order valence-electron chi connectivity index (χ4n) is 4.86. The van der Waals surface area contributed by atoms with Crippen molar-refractivity contribution in [3.8, 4) is 5.75 Å². The van der Waals surface area contributed by atoms with Gasteiger partial charge in [0.05, 0.1) is 0 Å². The van der Waals surface area contributed by atoms with Crippen LogP contribution in [0.25, 0.3) is 6.08 Å². The van der Waals surface area contributed by atoms with Crippen LogP contribution in [0.4, 0.5) is 0 Å². The topological polar surface area (TPSA) is 37.3 Å². The molecule has 3 aliphatic rings. The lowest BCUT2D eigenvalue weighted by molar-refractivity contribution is -0.128. The van der Waals surface area contributed by atoms with E-state index < -0.39 is 0 Å². The van der Waals surface area contributed by atoms with Crippen LogP contribution in [0.3, 0.4) is 0 Å². The van der Waals surface area contributed by atoms with Crippen LogP contribution in [0.2, 0.25) is 0 Å². The van der Waals surface area contributed by atoms with Crippen LogP contribution in [0.5, 0.6) is 5.75 Å². The monoisotopic (exact) mass is 268 g/mol. The fourth-order valence-corrected chi connectivity index (χ4v) is 4.86. The molecule has 3 aliphatic carbocycles. The normalized spacial score (nSPS) is 38.2. The quantitative estimate of drug-likeness (QED) is 0.775. The molecule has 2 saturated carbocycles. The van der Waals surface area contributed by atoms with Gasteiger partial charge < -0.3 is 5.11 Å². The van der Waals surface area contributed by atoms with Gasteiger partial charge in [0.1, 0.15) is 11.5 Å². The number of rotatable bonds is 0. The highest BCUT2D eigenvalue weighted by atomic mass is 16.3. The lowest BCUT2D eigenvalue weighted by Gasteiger charge is -2.46. The fraction of sp³-hybridized carbons (Fsp3) is 0.500. The summed E-state index contributed by atoms with van der Waals surface area (Å²) in [5, 5.41) is 9.63. The highest BCUT2D eigenvalue weighted by Gasteiger charge is 2.53. The van der Waals surface area contributed by atoms with E-state index in [-0.39, 0.29) is 5.41 Å². The Morgan fingerprint density at radius 1 is 1.30 bits per heavy atom. The number of allylic oxidation sites excluding steroid dienone is 1. The summed E-state index contributed by atoms with van der Waals surface area (Å²) in [6, 6.07) is 5.73. The number of carbonyl (C=O) groups excluding carboxylic acids is 1. The number of phenolic OH excluding ortho intramolecular Hbond substituents is 1. The molecule has 0 radical (unpaired) electrons. The third-order valence-corrected chi connectivity index (χ3v) is 6.01. The molecule has 2 fully saturated rings. The Kier molecular flexibility index (Phi) is 2.42. The molecule has 1 aromatic carbocycles. The van der Waals surface area contributed by atoms with Crippen LogP contribution < -0.4 is 0 Å². The molecule has 20 heavy (non-hydrogen) atoms. The average molecular weight is 268 g/mol. The summed E-state index contributed by atoms with van der Waals surface area (Å²) < 4.78 is 0. The maximum Gasteiger partial charge on any atom is 0.139 e. The van der Waals surface area contributed by atoms with Gasteiger partial charge in [0.2, 0.25) is 0 Å². The van der Waals surface area contributed by atoms with E-state index in [1.54, 1.807) is 6.07 Å². The van der Waals surface area contributed by atoms with Crippen LogP contribution in [0.15, 0.2) is 24.3 Å². The Morgan fingerprint density at radius 3 is 3.00 bits per heavy atom. The predicted molar refractivity (Wildman–Crippen MR) is 78.4 cm³/mol. The number of hydrogen-bond donors (Lipinski definition) is 1. The van der Waals surface area contributed by atoms with Gasteiger partial charge in [-0.2, -0.15) is 0 Å². The standard InChI is InChI=1S/C18H20O2/c1-18-9-8-14-13-5-3-12(19)10-11(13)2-4-15(14)16(18)6-7-17(18)20/h2-5,10,14-16,19H,6-9H2,1H3/t14-,15-,16+,18+/m1/s1. The number of Topliss-reactive ketones (excluding diaryl/α,β-unsaturated/α-hetero) is 1. The molecule has 0 amide bonds. The van der Waals surface area contributed by atoms with Gasteiger partial charge >= 0.3 is 0 Å². The van der Waals surface area contributed by atoms with E-state index in [4.69, 9.17) is 0 Å². The summed E-state index contributed by atoms with van der Waals surface area (Å²) in [5.41, 5.74) is 2.43. The first-order valence-electron chi connectivity index (χ1n) is 7.64. The summed E-state index contributed by atoms with van der Waals surface area (Å²) in [6.45, 7) is 2.18. The van der Waals surface area contributed by atoms with E-state index in [1.165, 1.54) is 5.56 Å². The lowest BCUT2D eigenvalue weighted by atomic mass is 9.57. The second-order valence-corrected chi connectivity index (χ2v) is 6.88. The van der Waals surface area contributed by atoms with Crippen molar-refractivity contribution in [2.75, 3.05) is 0 Å².